The van der Waals surface area contributed by atoms with E-state index >= 15 is 0 Å². The van der Waals surface area contributed by atoms with Gasteiger partial charge in [-0.2, -0.15) is 0 Å². The number of rotatable bonds is 2. The fourth-order valence-corrected chi connectivity index (χ4v) is 3.77. The second-order valence-corrected chi connectivity index (χ2v) is 6.65. The average molecular weight is 307 g/mol. The molecular formula is C19H21N3O. The van der Waals surface area contributed by atoms with Crippen LogP contribution >= 0.6 is 0 Å². The first-order valence-corrected chi connectivity index (χ1v) is 8.23. The molecule has 0 saturated carbocycles. The summed E-state index contributed by atoms with van der Waals surface area (Å²) < 4.78 is 0. The van der Waals surface area contributed by atoms with E-state index in [0.29, 0.717) is 0 Å². The minimum absolute atomic E-state index is 0.130. The molecule has 1 spiro atoms. The summed E-state index contributed by atoms with van der Waals surface area (Å²) in [6.07, 6.45) is 1.68. The van der Waals surface area contributed by atoms with Gasteiger partial charge < -0.3 is 5.32 Å². The Balaban J connectivity index is 1.53. The van der Waals surface area contributed by atoms with Gasteiger partial charge in [-0.15, -0.1) is 0 Å². The number of amides is 1. The zero-order chi connectivity index (χ0) is 15.9. The Labute approximate surface area is 136 Å². The highest BCUT2D eigenvalue weighted by Crippen LogP contribution is 2.43. The first kappa shape index (κ1) is 14.4. The number of nitrogens with zero attached hydrogens (tertiary/aromatic N) is 2. The maximum absolute atomic E-state index is 12.6. The Kier molecular flexibility index (Phi) is 3.42. The summed E-state index contributed by atoms with van der Waals surface area (Å²) in [7, 11) is 0. The lowest BCUT2D eigenvalue weighted by molar-refractivity contribution is -0.122. The fraction of sp³-hybridized carbons (Fsp3) is 0.368. The topological polar surface area (TPSA) is 45.2 Å². The van der Waals surface area contributed by atoms with Crippen LogP contribution in [-0.4, -0.2) is 28.9 Å². The highest BCUT2D eigenvalue weighted by Gasteiger charge is 2.49. The van der Waals surface area contributed by atoms with Gasteiger partial charge in [-0.25, -0.2) is 0 Å². The summed E-state index contributed by atoms with van der Waals surface area (Å²) in [6, 6.07) is 14.5. The Bertz CT molecular complexity index is 734. The third-order valence-electron chi connectivity index (χ3n) is 5.13. The van der Waals surface area contributed by atoms with Crippen molar-refractivity contribution in [2.24, 2.45) is 0 Å². The van der Waals surface area contributed by atoms with Gasteiger partial charge in [0.25, 0.3) is 0 Å². The Morgan fingerprint density at radius 1 is 1.13 bits per heavy atom. The maximum Gasteiger partial charge on any atom is 0.236 e. The number of hydrogen-bond acceptors (Lipinski definition) is 3. The van der Waals surface area contributed by atoms with Crippen LogP contribution in [-0.2, 0) is 16.8 Å². The number of anilines is 1. The van der Waals surface area contributed by atoms with E-state index in [0.717, 1.165) is 49.6 Å². The van der Waals surface area contributed by atoms with Crippen molar-refractivity contribution in [2.45, 2.75) is 31.7 Å². The van der Waals surface area contributed by atoms with Crippen molar-refractivity contribution in [3.8, 4) is 0 Å². The van der Waals surface area contributed by atoms with Crippen LogP contribution in [0, 0.1) is 6.92 Å². The van der Waals surface area contributed by atoms with E-state index in [9.17, 15) is 4.79 Å². The first-order valence-electron chi connectivity index (χ1n) is 8.23. The molecule has 4 nitrogen and oxygen atoms in total. The summed E-state index contributed by atoms with van der Waals surface area (Å²) in [6.45, 7) is 4.79. The molecule has 118 valence electrons. The number of nitrogens with one attached hydrogen (secondary N) is 1. The number of pyridine rings is 1. The number of aryl methyl sites for hydroxylation is 1. The third kappa shape index (κ3) is 2.43. The normalized spacial score (nSPS) is 19.6. The van der Waals surface area contributed by atoms with Gasteiger partial charge in [-0.05, 0) is 50.6 Å². The second-order valence-electron chi connectivity index (χ2n) is 6.65. The molecule has 2 aliphatic rings. The van der Waals surface area contributed by atoms with Crippen molar-refractivity contribution in [3.05, 3.63) is 59.4 Å². The molecule has 0 bridgehead atoms. The van der Waals surface area contributed by atoms with Gasteiger partial charge in [-0.1, -0.05) is 30.3 Å². The number of fused-ring (bicyclic) bond motifs is 2. The van der Waals surface area contributed by atoms with Gasteiger partial charge in [0.2, 0.25) is 5.91 Å². The largest absolute Gasteiger partial charge is 0.324 e. The fourth-order valence-electron chi connectivity index (χ4n) is 3.77. The predicted molar refractivity (Wildman–Crippen MR) is 90.2 cm³/mol. The summed E-state index contributed by atoms with van der Waals surface area (Å²) >= 11 is 0. The molecule has 2 aromatic rings. The molecule has 0 radical (unpaired) electrons. The second kappa shape index (κ2) is 5.46. The SMILES string of the molecule is Cc1ccc2c(n1)C1(CCN(Cc3ccccc3)CC1)C(=O)N2. The summed E-state index contributed by atoms with van der Waals surface area (Å²) in [5, 5.41) is 3.03. The van der Waals surface area contributed by atoms with Crippen LogP contribution in [0.1, 0.15) is 29.8 Å². The molecule has 3 heterocycles. The average Bonchev–Trinajstić information content (AvgIpc) is 2.83. The Morgan fingerprint density at radius 3 is 2.61 bits per heavy atom. The maximum atomic E-state index is 12.6. The molecule has 1 aromatic carbocycles. The molecule has 2 aliphatic heterocycles. The first-order chi connectivity index (χ1) is 11.2. The van der Waals surface area contributed by atoms with Crippen LogP contribution in [0.4, 0.5) is 5.69 Å². The van der Waals surface area contributed by atoms with E-state index in [1.165, 1.54) is 5.56 Å². The Hall–Kier alpha value is -2.20. The predicted octanol–water partition coefficient (Wildman–Crippen LogP) is 2.88. The number of piperidine rings is 1. The van der Waals surface area contributed by atoms with E-state index < -0.39 is 5.41 Å². The molecule has 1 fully saturated rings. The van der Waals surface area contributed by atoms with Gasteiger partial charge in [-0.3, -0.25) is 14.7 Å². The molecule has 23 heavy (non-hydrogen) atoms. The standard InChI is InChI=1S/C19H21N3O/c1-14-7-8-16-17(20-14)19(18(23)21-16)9-11-22(12-10-19)13-15-5-3-2-4-6-15/h2-8H,9-13H2,1H3,(H,21,23). The molecule has 0 aliphatic carbocycles. The molecule has 4 rings (SSSR count). The number of likely N-dealkylation sites (tertiary alicyclic amines) is 1. The Morgan fingerprint density at radius 2 is 1.87 bits per heavy atom. The number of carbonyl (C=O) groups is 1. The van der Waals surface area contributed by atoms with Crippen LogP contribution in [0.15, 0.2) is 42.5 Å². The minimum Gasteiger partial charge on any atom is -0.324 e. The molecule has 0 unspecified atom stereocenters. The zero-order valence-corrected chi connectivity index (χ0v) is 13.4. The highest BCUT2D eigenvalue weighted by atomic mass is 16.2. The molecular weight excluding hydrogens is 286 g/mol. The van der Waals surface area contributed by atoms with Gasteiger partial charge >= 0.3 is 0 Å². The lowest BCUT2D eigenvalue weighted by Gasteiger charge is -2.37. The molecule has 1 aromatic heterocycles. The van der Waals surface area contributed by atoms with Crippen molar-refractivity contribution >= 4 is 11.6 Å². The lowest BCUT2D eigenvalue weighted by Crippen LogP contribution is -2.46. The molecule has 4 heteroatoms. The van der Waals surface area contributed by atoms with Crippen LogP contribution in [0.25, 0.3) is 0 Å². The summed E-state index contributed by atoms with van der Waals surface area (Å²) in [4.78, 5) is 19.7. The summed E-state index contributed by atoms with van der Waals surface area (Å²) in [5.41, 5.74) is 3.74. The van der Waals surface area contributed by atoms with Gasteiger partial charge in [0.1, 0.15) is 0 Å². The zero-order valence-electron chi connectivity index (χ0n) is 13.4. The van der Waals surface area contributed by atoms with Crippen molar-refractivity contribution < 1.29 is 4.79 Å². The monoisotopic (exact) mass is 307 g/mol. The molecule has 1 saturated heterocycles. The van der Waals surface area contributed by atoms with Gasteiger partial charge in [0.15, 0.2) is 0 Å². The number of carbonyl (C=O) groups excluding carboxylic acids is 1. The lowest BCUT2D eigenvalue weighted by atomic mass is 9.76. The van der Waals surface area contributed by atoms with Crippen LogP contribution in [0.5, 0.6) is 0 Å². The van der Waals surface area contributed by atoms with Gasteiger partial charge in [0.05, 0.1) is 16.8 Å². The van der Waals surface area contributed by atoms with E-state index in [2.05, 4.69) is 39.5 Å². The van der Waals surface area contributed by atoms with E-state index in [-0.39, 0.29) is 5.91 Å². The number of aromatic nitrogens is 1. The van der Waals surface area contributed by atoms with Crippen molar-refractivity contribution in [1.82, 2.24) is 9.88 Å². The minimum atomic E-state index is -0.422. The van der Waals surface area contributed by atoms with E-state index in [4.69, 9.17) is 0 Å². The van der Waals surface area contributed by atoms with Gasteiger partial charge in [0, 0.05) is 12.2 Å². The molecule has 1 N–H and O–H groups in total. The van der Waals surface area contributed by atoms with Crippen LogP contribution in [0.2, 0.25) is 0 Å². The van der Waals surface area contributed by atoms with E-state index in [1.807, 2.05) is 25.1 Å². The van der Waals surface area contributed by atoms with Crippen LogP contribution < -0.4 is 5.32 Å². The molecule has 0 atom stereocenters. The smallest absolute Gasteiger partial charge is 0.236 e. The third-order valence-corrected chi connectivity index (χ3v) is 5.13. The number of benzene rings is 1. The van der Waals surface area contributed by atoms with Crippen molar-refractivity contribution in [3.63, 3.8) is 0 Å². The van der Waals surface area contributed by atoms with E-state index in [1.54, 1.807) is 0 Å². The number of hydrogen-bond donors (Lipinski definition) is 1. The summed E-state index contributed by atoms with van der Waals surface area (Å²) in [5.74, 6) is 0.130. The van der Waals surface area contributed by atoms with Crippen LogP contribution in [0.3, 0.4) is 0 Å². The van der Waals surface area contributed by atoms with Crippen molar-refractivity contribution in [2.75, 3.05) is 18.4 Å². The highest BCUT2D eigenvalue weighted by molar-refractivity contribution is 6.05. The quantitative estimate of drug-likeness (QED) is 0.928. The van der Waals surface area contributed by atoms with Crippen molar-refractivity contribution in [1.29, 1.82) is 0 Å². The molecule has 1 amide bonds.